The maximum Gasteiger partial charge on any atom is 0.352 e. The van der Waals surface area contributed by atoms with Gasteiger partial charge >= 0.3 is 5.97 Å². The van der Waals surface area contributed by atoms with Crippen LogP contribution in [-0.4, -0.2) is 16.1 Å². The van der Waals surface area contributed by atoms with Gasteiger partial charge in [0.05, 0.1) is 15.6 Å². The van der Waals surface area contributed by atoms with Crippen LogP contribution < -0.4 is 10.2 Å². The number of carbonyl (C=O) groups is 1. The maximum absolute atomic E-state index is 12.7. The van der Waals surface area contributed by atoms with Gasteiger partial charge in [-0.25, -0.2) is 4.79 Å². The lowest BCUT2D eigenvalue weighted by Crippen LogP contribution is -2.11. The average Bonchev–Trinajstić information content (AvgIpc) is 2.76. The molecule has 0 saturated carbocycles. The lowest BCUT2D eigenvalue weighted by molar-refractivity contribution is 0.0691. The van der Waals surface area contributed by atoms with E-state index in [4.69, 9.17) is 27.9 Å². The predicted molar refractivity (Wildman–Crippen MR) is 122 cm³/mol. The van der Waals surface area contributed by atoms with Crippen LogP contribution >= 0.6 is 23.2 Å². The fraction of sp³-hybridized carbons (Fsp3) is 0.0833. The third kappa shape index (κ3) is 4.15. The van der Waals surface area contributed by atoms with Gasteiger partial charge in [-0.3, -0.25) is 4.79 Å². The van der Waals surface area contributed by atoms with Crippen molar-refractivity contribution in [2.45, 2.75) is 13.5 Å². The molecule has 31 heavy (non-hydrogen) atoms. The summed E-state index contributed by atoms with van der Waals surface area (Å²) < 4.78 is 6.03. The van der Waals surface area contributed by atoms with Gasteiger partial charge in [-0.05, 0) is 47.4 Å². The second-order valence-corrected chi connectivity index (χ2v) is 7.84. The molecule has 0 fully saturated rings. The van der Waals surface area contributed by atoms with Gasteiger partial charge in [0.1, 0.15) is 18.1 Å². The van der Waals surface area contributed by atoms with E-state index in [1.807, 2.05) is 43.3 Å². The standard InChI is InChI=1S/C24H17Cl2NO4/c1-13-16(7-8-18(25)22(13)26)15-9-17-20(28)11-19(24(29)30)27-23(17)21(10-15)31-12-14-5-3-2-4-6-14/h2-11H,12H2,1H3,(H,27,28)(H,29,30). The summed E-state index contributed by atoms with van der Waals surface area (Å²) in [5.41, 5.74) is 2.89. The van der Waals surface area contributed by atoms with Crippen molar-refractivity contribution in [3.63, 3.8) is 0 Å². The lowest BCUT2D eigenvalue weighted by atomic mass is 9.98. The number of nitrogens with one attached hydrogen (secondary N) is 1. The normalized spacial score (nSPS) is 10.9. The van der Waals surface area contributed by atoms with Crippen molar-refractivity contribution in [1.29, 1.82) is 0 Å². The Hall–Kier alpha value is -3.28. The fourth-order valence-corrected chi connectivity index (χ4v) is 3.77. The Balaban J connectivity index is 1.92. The van der Waals surface area contributed by atoms with Gasteiger partial charge in [0.2, 0.25) is 0 Å². The van der Waals surface area contributed by atoms with Crippen molar-refractivity contribution in [3.05, 3.63) is 97.8 Å². The number of pyridine rings is 1. The summed E-state index contributed by atoms with van der Waals surface area (Å²) in [6, 6.07) is 17.6. The molecule has 0 bridgehead atoms. The van der Waals surface area contributed by atoms with Gasteiger partial charge in [-0.1, -0.05) is 59.6 Å². The van der Waals surface area contributed by atoms with Gasteiger partial charge in [0, 0.05) is 11.5 Å². The summed E-state index contributed by atoms with van der Waals surface area (Å²) in [6.45, 7) is 2.09. The summed E-state index contributed by atoms with van der Waals surface area (Å²) in [5, 5.41) is 10.5. The highest BCUT2D eigenvalue weighted by molar-refractivity contribution is 6.42. The maximum atomic E-state index is 12.7. The summed E-state index contributed by atoms with van der Waals surface area (Å²) in [7, 11) is 0. The van der Waals surface area contributed by atoms with Crippen molar-refractivity contribution in [2.75, 3.05) is 0 Å². The van der Waals surface area contributed by atoms with Crippen molar-refractivity contribution in [1.82, 2.24) is 4.98 Å². The number of hydrogen-bond donors (Lipinski definition) is 2. The second-order valence-electron chi connectivity index (χ2n) is 7.06. The zero-order valence-electron chi connectivity index (χ0n) is 16.4. The number of H-pyrrole nitrogens is 1. The molecule has 3 aromatic carbocycles. The molecule has 0 spiro atoms. The molecule has 0 atom stereocenters. The summed E-state index contributed by atoms with van der Waals surface area (Å²) in [5.74, 6) is -0.862. The molecule has 0 radical (unpaired) electrons. The van der Waals surface area contributed by atoms with Crippen LogP contribution in [-0.2, 0) is 6.61 Å². The number of rotatable bonds is 5. The number of fused-ring (bicyclic) bond motifs is 1. The number of hydrogen-bond acceptors (Lipinski definition) is 3. The molecule has 4 rings (SSSR count). The number of benzene rings is 3. The van der Waals surface area contributed by atoms with Gasteiger partial charge in [0.25, 0.3) is 0 Å². The van der Waals surface area contributed by atoms with E-state index in [1.165, 1.54) is 0 Å². The zero-order chi connectivity index (χ0) is 22.1. The van der Waals surface area contributed by atoms with Crippen molar-refractivity contribution in [3.8, 4) is 16.9 Å². The third-order valence-electron chi connectivity index (χ3n) is 5.02. The Morgan fingerprint density at radius 3 is 2.52 bits per heavy atom. The molecule has 0 aliphatic carbocycles. The smallest absolute Gasteiger partial charge is 0.352 e. The van der Waals surface area contributed by atoms with Crippen LogP contribution in [0.4, 0.5) is 0 Å². The Labute approximate surface area is 187 Å². The Morgan fingerprint density at radius 2 is 1.81 bits per heavy atom. The van der Waals surface area contributed by atoms with Crippen LogP contribution in [0, 0.1) is 6.92 Å². The van der Waals surface area contributed by atoms with Crippen LogP contribution in [0.25, 0.3) is 22.0 Å². The molecule has 156 valence electrons. The minimum absolute atomic E-state index is 0.208. The first-order valence-electron chi connectivity index (χ1n) is 9.41. The third-order valence-corrected chi connectivity index (χ3v) is 5.92. The van der Waals surface area contributed by atoms with E-state index in [1.54, 1.807) is 18.2 Å². The van der Waals surface area contributed by atoms with Gasteiger partial charge < -0.3 is 14.8 Å². The van der Waals surface area contributed by atoms with E-state index in [0.717, 1.165) is 22.8 Å². The molecule has 0 amide bonds. The first-order chi connectivity index (χ1) is 14.8. The van der Waals surface area contributed by atoms with Crippen molar-refractivity contribution in [2.24, 2.45) is 0 Å². The van der Waals surface area contributed by atoms with Gasteiger partial charge in [0.15, 0.2) is 5.43 Å². The average molecular weight is 454 g/mol. The van der Waals surface area contributed by atoms with E-state index in [-0.39, 0.29) is 12.3 Å². The quantitative estimate of drug-likeness (QED) is 0.383. The van der Waals surface area contributed by atoms with Crippen LogP contribution in [0.1, 0.15) is 21.6 Å². The summed E-state index contributed by atoms with van der Waals surface area (Å²) in [4.78, 5) is 27.0. The SMILES string of the molecule is Cc1c(-c2cc(OCc3ccccc3)c3[nH]c(C(=O)O)cc(=O)c3c2)ccc(Cl)c1Cl. The Kier molecular flexibility index (Phi) is 5.72. The molecule has 0 aliphatic heterocycles. The summed E-state index contributed by atoms with van der Waals surface area (Å²) >= 11 is 12.4. The molecule has 7 heteroatoms. The number of carboxylic acid groups (broad SMARTS) is 1. The van der Waals surface area contributed by atoms with Crippen LogP contribution in [0.2, 0.25) is 10.0 Å². The van der Waals surface area contributed by atoms with Crippen molar-refractivity contribution < 1.29 is 14.6 Å². The number of aromatic amines is 1. The molecule has 1 aromatic heterocycles. The first kappa shape index (κ1) is 21.0. The number of aromatic nitrogens is 1. The van der Waals surface area contributed by atoms with Crippen LogP contribution in [0.5, 0.6) is 5.75 Å². The van der Waals surface area contributed by atoms with Gasteiger partial charge in [-0.15, -0.1) is 0 Å². The fourth-order valence-electron chi connectivity index (χ4n) is 3.40. The Bertz CT molecular complexity index is 1360. The molecular weight excluding hydrogens is 437 g/mol. The highest BCUT2D eigenvalue weighted by Gasteiger charge is 2.16. The number of ether oxygens (including phenoxy) is 1. The lowest BCUT2D eigenvalue weighted by Gasteiger charge is -2.15. The summed E-state index contributed by atoms with van der Waals surface area (Å²) in [6.07, 6.45) is 0. The minimum Gasteiger partial charge on any atom is -0.487 e. The molecule has 0 aliphatic rings. The van der Waals surface area contributed by atoms with E-state index in [9.17, 15) is 14.7 Å². The second kappa shape index (κ2) is 8.46. The van der Waals surface area contributed by atoms with Crippen LogP contribution in [0.15, 0.2) is 65.5 Å². The highest BCUT2D eigenvalue weighted by Crippen LogP contribution is 2.37. The van der Waals surface area contributed by atoms with E-state index in [0.29, 0.717) is 32.3 Å². The zero-order valence-corrected chi connectivity index (χ0v) is 17.9. The van der Waals surface area contributed by atoms with Crippen LogP contribution in [0.3, 0.4) is 0 Å². The molecular formula is C24H17Cl2NO4. The van der Waals surface area contributed by atoms with E-state index in [2.05, 4.69) is 4.98 Å². The molecule has 4 aromatic rings. The van der Waals surface area contributed by atoms with Crippen molar-refractivity contribution >= 4 is 40.1 Å². The van der Waals surface area contributed by atoms with E-state index >= 15 is 0 Å². The molecule has 0 unspecified atom stereocenters. The molecule has 1 heterocycles. The predicted octanol–water partition coefficient (Wildman–Crippen LogP) is 6.09. The van der Waals surface area contributed by atoms with Gasteiger partial charge in [-0.2, -0.15) is 0 Å². The highest BCUT2D eigenvalue weighted by atomic mass is 35.5. The monoisotopic (exact) mass is 453 g/mol. The first-order valence-corrected chi connectivity index (χ1v) is 10.2. The number of aromatic carboxylic acids is 1. The molecule has 5 nitrogen and oxygen atoms in total. The topological polar surface area (TPSA) is 79.4 Å². The molecule has 2 N–H and O–H groups in total. The largest absolute Gasteiger partial charge is 0.487 e. The molecule has 0 saturated heterocycles. The van der Waals surface area contributed by atoms with E-state index < -0.39 is 11.4 Å². The number of halogens is 2. The Morgan fingerprint density at radius 1 is 1.06 bits per heavy atom. The number of carboxylic acids is 1. The minimum atomic E-state index is -1.22.